The van der Waals surface area contributed by atoms with E-state index < -0.39 is 5.25 Å². The minimum atomic E-state index is -0.414. The maximum Gasteiger partial charge on any atom is 0.237 e. The fourth-order valence-corrected chi connectivity index (χ4v) is 4.01. The number of benzene rings is 2. The molecule has 0 unspecified atom stereocenters. The van der Waals surface area contributed by atoms with Gasteiger partial charge in [0, 0.05) is 24.0 Å². The van der Waals surface area contributed by atoms with Crippen LogP contribution in [-0.2, 0) is 23.1 Å². The highest BCUT2D eigenvalue weighted by molar-refractivity contribution is 8.00. The van der Waals surface area contributed by atoms with Crippen molar-refractivity contribution in [2.24, 2.45) is 7.05 Å². The summed E-state index contributed by atoms with van der Waals surface area (Å²) in [6.45, 7) is 5.38. The molecule has 2 amide bonds. The number of rotatable bonds is 9. The summed E-state index contributed by atoms with van der Waals surface area (Å²) in [4.78, 5) is 36.8. The zero-order valence-corrected chi connectivity index (χ0v) is 19.9. The topological polar surface area (TPSA) is 106 Å². The third-order valence-corrected chi connectivity index (χ3v) is 6.42. The summed E-state index contributed by atoms with van der Waals surface area (Å²) < 4.78 is 1.73. The minimum Gasteiger partial charge on any atom is -0.326 e. The second kappa shape index (κ2) is 10.9. The Kier molecular flexibility index (Phi) is 8.00. The van der Waals surface area contributed by atoms with Gasteiger partial charge in [-0.1, -0.05) is 48.5 Å². The lowest BCUT2D eigenvalue weighted by molar-refractivity contribution is -0.116. The lowest BCUT2D eigenvalue weighted by Gasteiger charge is -2.14. The summed E-state index contributed by atoms with van der Waals surface area (Å²) in [6, 6.07) is 14.4. The molecule has 1 atom stereocenters. The van der Waals surface area contributed by atoms with Crippen LogP contribution in [0.15, 0.2) is 53.7 Å². The molecule has 1 aromatic heterocycles. The van der Waals surface area contributed by atoms with Crippen molar-refractivity contribution in [1.82, 2.24) is 14.8 Å². The van der Waals surface area contributed by atoms with Gasteiger partial charge in [-0.15, -0.1) is 10.2 Å². The summed E-state index contributed by atoms with van der Waals surface area (Å²) in [6.07, 6.45) is 0.637. The van der Waals surface area contributed by atoms with Gasteiger partial charge in [-0.25, -0.2) is 0 Å². The van der Waals surface area contributed by atoms with Crippen molar-refractivity contribution in [3.05, 3.63) is 65.5 Å². The second-order valence-corrected chi connectivity index (χ2v) is 8.86. The lowest BCUT2D eigenvalue weighted by atomic mass is 10.1. The van der Waals surface area contributed by atoms with Crippen LogP contribution in [0.2, 0.25) is 0 Å². The normalized spacial score (nSPS) is 11.6. The van der Waals surface area contributed by atoms with Gasteiger partial charge < -0.3 is 15.2 Å². The van der Waals surface area contributed by atoms with Crippen molar-refractivity contribution in [1.29, 1.82) is 0 Å². The van der Waals surface area contributed by atoms with E-state index in [1.807, 2.05) is 38.1 Å². The Morgan fingerprint density at radius 3 is 2.42 bits per heavy atom. The quantitative estimate of drug-likeness (QED) is 0.365. The summed E-state index contributed by atoms with van der Waals surface area (Å²) in [5.74, 6) is 0.0583. The van der Waals surface area contributed by atoms with Crippen molar-refractivity contribution < 1.29 is 14.4 Å². The number of hydrogen-bond acceptors (Lipinski definition) is 6. The number of ketones is 1. The molecule has 8 nitrogen and oxygen atoms in total. The van der Waals surface area contributed by atoms with Crippen LogP contribution in [0.25, 0.3) is 0 Å². The first kappa shape index (κ1) is 24.2. The Balaban J connectivity index is 1.63. The summed E-state index contributed by atoms with van der Waals surface area (Å²) in [5.41, 5.74) is 2.94. The lowest BCUT2D eigenvalue weighted by Crippen LogP contribution is -2.25. The number of nitrogens with zero attached hydrogens (tertiary/aromatic N) is 3. The van der Waals surface area contributed by atoms with Crippen LogP contribution in [0.5, 0.6) is 0 Å². The highest BCUT2D eigenvalue weighted by Crippen LogP contribution is 2.25. The van der Waals surface area contributed by atoms with E-state index in [-0.39, 0.29) is 24.0 Å². The Labute approximate surface area is 197 Å². The fourth-order valence-electron chi connectivity index (χ4n) is 3.08. The number of aromatic nitrogens is 3. The number of amides is 2. The maximum absolute atomic E-state index is 12.8. The summed E-state index contributed by atoms with van der Waals surface area (Å²) in [5, 5.41) is 14.2. The van der Waals surface area contributed by atoms with Crippen LogP contribution >= 0.6 is 11.8 Å². The molecule has 0 saturated heterocycles. The Morgan fingerprint density at radius 2 is 1.76 bits per heavy atom. The van der Waals surface area contributed by atoms with E-state index in [4.69, 9.17) is 0 Å². The maximum atomic E-state index is 12.8. The molecule has 1 heterocycles. The molecule has 0 spiro atoms. The first-order valence-electron chi connectivity index (χ1n) is 10.6. The Hall–Kier alpha value is -3.46. The predicted molar refractivity (Wildman–Crippen MR) is 130 cm³/mol. The molecule has 2 N–H and O–H groups in total. The van der Waals surface area contributed by atoms with Gasteiger partial charge >= 0.3 is 0 Å². The molecule has 3 aromatic rings. The van der Waals surface area contributed by atoms with Crippen LogP contribution in [0.4, 0.5) is 11.4 Å². The highest BCUT2D eigenvalue weighted by atomic mass is 32.2. The minimum absolute atomic E-state index is 0.0643. The fraction of sp³-hybridized carbons (Fsp3) is 0.292. The SMILES string of the molecule is CC[C@H](Sc1nnc(CC(=O)Nc2ccc(C)cc2)n1C)C(=O)Nc1cccc(C(C)=O)c1. The predicted octanol–water partition coefficient (Wildman–Crippen LogP) is 4.02. The molecule has 0 saturated carbocycles. The number of Topliss-reactive ketones (excluding diaryl/α,β-unsaturated/α-hetero) is 1. The number of hydrogen-bond donors (Lipinski definition) is 2. The number of carbonyl (C=O) groups is 3. The average molecular weight is 466 g/mol. The third-order valence-electron chi connectivity index (χ3n) is 5.03. The first-order valence-corrected chi connectivity index (χ1v) is 11.5. The third kappa shape index (κ3) is 6.52. The molecular weight excluding hydrogens is 438 g/mol. The van der Waals surface area contributed by atoms with E-state index in [0.717, 1.165) is 11.3 Å². The van der Waals surface area contributed by atoms with Crippen LogP contribution in [-0.4, -0.2) is 37.6 Å². The van der Waals surface area contributed by atoms with Gasteiger partial charge in [0.15, 0.2) is 10.9 Å². The second-order valence-electron chi connectivity index (χ2n) is 7.69. The van der Waals surface area contributed by atoms with E-state index in [1.54, 1.807) is 35.9 Å². The van der Waals surface area contributed by atoms with Gasteiger partial charge in [0.05, 0.1) is 11.7 Å². The van der Waals surface area contributed by atoms with Crippen LogP contribution in [0.3, 0.4) is 0 Å². The molecule has 3 rings (SSSR count). The molecule has 0 radical (unpaired) electrons. The first-order chi connectivity index (χ1) is 15.8. The van der Waals surface area contributed by atoms with Gasteiger partial charge in [0.25, 0.3) is 0 Å². The average Bonchev–Trinajstić information content (AvgIpc) is 3.12. The molecule has 0 aliphatic heterocycles. The molecular formula is C24H27N5O3S. The molecule has 0 aliphatic carbocycles. The Morgan fingerprint density at radius 1 is 1.03 bits per heavy atom. The van der Waals surface area contributed by atoms with Crippen molar-refractivity contribution >= 4 is 40.7 Å². The molecule has 0 bridgehead atoms. The molecule has 2 aromatic carbocycles. The van der Waals surface area contributed by atoms with Gasteiger partial charge in [-0.3, -0.25) is 14.4 Å². The largest absolute Gasteiger partial charge is 0.326 e. The number of thioether (sulfide) groups is 1. The van der Waals surface area contributed by atoms with Crippen molar-refractivity contribution in [3.63, 3.8) is 0 Å². The van der Waals surface area contributed by atoms with Crippen LogP contribution in [0, 0.1) is 6.92 Å². The zero-order chi connectivity index (χ0) is 24.0. The summed E-state index contributed by atoms with van der Waals surface area (Å²) in [7, 11) is 1.78. The van der Waals surface area contributed by atoms with Crippen molar-refractivity contribution in [2.75, 3.05) is 10.6 Å². The van der Waals surface area contributed by atoms with Crippen LogP contribution < -0.4 is 10.6 Å². The van der Waals surface area contributed by atoms with E-state index in [1.165, 1.54) is 18.7 Å². The number of anilines is 2. The molecule has 0 fully saturated rings. The van der Waals surface area contributed by atoms with Crippen LogP contribution in [0.1, 0.15) is 42.0 Å². The number of aryl methyl sites for hydroxylation is 1. The molecule has 9 heteroatoms. The summed E-state index contributed by atoms with van der Waals surface area (Å²) >= 11 is 1.29. The van der Waals surface area contributed by atoms with E-state index in [9.17, 15) is 14.4 Å². The molecule has 0 aliphatic rings. The van der Waals surface area contributed by atoms with E-state index in [2.05, 4.69) is 20.8 Å². The van der Waals surface area contributed by atoms with Gasteiger partial charge in [0.1, 0.15) is 5.82 Å². The molecule has 172 valence electrons. The smallest absolute Gasteiger partial charge is 0.237 e. The molecule has 33 heavy (non-hydrogen) atoms. The van der Waals surface area contributed by atoms with Crippen molar-refractivity contribution in [2.45, 2.75) is 44.0 Å². The van der Waals surface area contributed by atoms with Gasteiger partial charge in [0.2, 0.25) is 11.8 Å². The van der Waals surface area contributed by atoms with Gasteiger partial charge in [-0.05, 0) is 44.5 Å². The monoisotopic (exact) mass is 465 g/mol. The van der Waals surface area contributed by atoms with E-state index in [0.29, 0.717) is 28.7 Å². The highest BCUT2D eigenvalue weighted by Gasteiger charge is 2.22. The van der Waals surface area contributed by atoms with Gasteiger partial charge in [-0.2, -0.15) is 0 Å². The van der Waals surface area contributed by atoms with E-state index >= 15 is 0 Å². The zero-order valence-electron chi connectivity index (χ0n) is 19.1. The number of carbonyl (C=O) groups excluding carboxylic acids is 3. The number of nitrogens with one attached hydrogen (secondary N) is 2. The standard InChI is InChI=1S/C24H27N5O3S/c1-5-20(23(32)26-19-8-6-7-17(13-19)16(3)30)33-24-28-27-21(29(24)4)14-22(31)25-18-11-9-15(2)10-12-18/h6-13,20H,5,14H2,1-4H3,(H,25,31)(H,26,32)/t20-/m0/s1. The van der Waals surface area contributed by atoms with Crippen molar-refractivity contribution in [3.8, 4) is 0 Å². The Bertz CT molecular complexity index is 1160.